The van der Waals surface area contributed by atoms with Crippen LogP contribution in [0.3, 0.4) is 0 Å². The van der Waals surface area contributed by atoms with Gasteiger partial charge in [0.15, 0.2) is 0 Å². The predicted molar refractivity (Wildman–Crippen MR) is 110 cm³/mol. The quantitative estimate of drug-likeness (QED) is 0.630. The Morgan fingerprint density at radius 2 is 2.03 bits per heavy atom. The van der Waals surface area contributed by atoms with Crippen LogP contribution < -0.4 is 10.1 Å². The van der Waals surface area contributed by atoms with E-state index < -0.39 is 5.91 Å². The van der Waals surface area contributed by atoms with Gasteiger partial charge in [0.2, 0.25) is 0 Å². The molecule has 0 fully saturated rings. The van der Waals surface area contributed by atoms with E-state index in [2.05, 4.69) is 48.3 Å². The minimum atomic E-state index is -0.433. The van der Waals surface area contributed by atoms with E-state index in [9.17, 15) is 4.79 Å². The van der Waals surface area contributed by atoms with Crippen molar-refractivity contribution in [3.63, 3.8) is 0 Å². The van der Waals surface area contributed by atoms with Gasteiger partial charge in [0, 0.05) is 0 Å². The molecule has 159 valence electrons. The summed E-state index contributed by atoms with van der Waals surface area (Å²) < 4.78 is 22.2. The van der Waals surface area contributed by atoms with Crippen molar-refractivity contribution >= 4 is 10.3 Å². The third-order valence-corrected chi connectivity index (χ3v) is 5.96. The molecule has 0 aliphatic heterocycles. The molecule has 7 heteroatoms. The van der Waals surface area contributed by atoms with Crippen molar-refractivity contribution in [1.29, 1.82) is 0 Å². The SMILES string of the molecule is COC=C(NC(=O)c1ccc(Oc2cc3c(cc2C)CCCC3(C)C)o1)[C](=[V])OC. The van der Waals surface area contributed by atoms with E-state index in [1.165, 1.54) is 38.0 Å². The summed E-state index contributed by atoms with van der Waals surface area (Å²) in [5.41, 5.74) is 4.25. The number of fused-ring (bicyclic) bond motifs is 1. The summed E-state index contributed by atoms with van der Waals surface area (Å²) in [6.45, 7) is 6.56. The number of rotatable bonds is 7. The molecule has 0 atom stereocenters. The second kappa shape index (κ2) is 9.25. The van der Waals surface area contributed by atoms with E-state index in [1.54, 1.807) is 12.1 Å². The Labute approximate surface area is 186 Å². The van der Waals surface area contributed by atoms with Crippen LogP contribution in [0.2, 0.25) is 0 Å². The number of benzene rings is 1. The van der Waals surface area contributed by atoms with Gasteiger partial charge in [0.25, 0.3) is 0 Å². The summed E-state index contributed by atoms with van der Waals surface area (Å²) in [7, 11) is 2.99. The Hall–Kier alpha value is -2.28. The van der Waals surface area contributed by atoms with Crippen molar-refractivity contribution in [3.8, 4) is 11.7 Å². The van der Waals surface area contributed by atoms with Gasteiger partial charge in [0.05, 0.1) is 0 Å². The van der Waals surface area contributed by atoms with E-state index in [-0.39, 0.29) is 17.1 Å². The number of carbonyl (C=O) groups is 1. The summed E-state index contributed by atoms with van der Waals surface area (Å²) >= 11 is 2.22. The van der Waals surface area contributed by atoms with Crippen molar-refractivity contribution < 1.29 is 40.4 Å². The first kappa shape index (κ1) is 22.4. The van der Waals surface area contributed by atoms with Crippen LogP contribution in [0.5, 0.6) is 11.7 Å². The van der Waals surface area contributed by atoms with Gasteiger partial charge in [-0.15, -0.1) is 0 Å². The average molecular weight is 448 g/mol. The number of carbonyl (C=O) groups excluding carboxylic acids is 1. The molecule has 6 nitrogen and oxygen atoms in total. The van der Waals surface area contributed by atoms with Gasteiger partial charge in [-0.1, -0.05) is 13.8 Å². The normalized spacial score (nSPS) is 15.3. The molecule has 1 amide bonds. The molecular formula is C23H27NO5V. The number of hydrogen-bond acceptors (Lipinski definition) is 5. The van der Waals surface area contributed by atoms with Crippen molar-refractivity contribution in [2.24, 2.45) is 0 Å². The van der Waals surface area contributed by atoms with Gasteiger partial charge < -0.3 is 0 Å². The van der Waals surface area contributed by atoms with Crippen LogP contribution >= 0.6 is 0 Å². The van der Waals surface area contributed by atoms with Crippen LogP contribution in [0.4, 0.5) is 0 Å². The van der Waals surface area contributed by atoms with Crippen molar-refractivity contribution in [3.05, 3.63) is 58.7 Å². The number of furan rings is 1. The zero-order chi connectivity index (χ0) is 21.9. The third-order valence-electron chi connectivity index (χ3n) is 5.30. The van der Waals surface area contributed by atoms with Gasteiger partial charge in [-0.05, 0) is 19.3 Å². The molecule has 0 radical (unpaired) electrons. The molecule has 2 aromatic rings. The number of aryl methyl sites for hydroxylation is 2. The molecule has 3 rings (SSSR count). The maximum atomic E-state index is 12.5. The molecule has 0 bridgehead atoms. The standard InChI is InChI=1S/C23H27NO5.V/c1-15-11-16-7-6-10-23(2,3)18(16)12-20(15)29-21-9-8-19(28-21)22(25)24-17(13-26-4)14-27-5;/h8-9,11-13H,6-7,10H2,1-5H3,(H,24,25);. The van der Waals surface area contributed by atoms with Gasteiger partial charge >= 0.3 is 153 Å². The molecule has 1 aromatic carbocycles. The molecule has 30 heavy (non-hydrogen) atoms. The molecule has 1 aliphatic rings. The molecule has 0 saturated carbocycles. The zero-order valence-electron chi connectivity index (χ0n) is 18.0. The molecule has 1 N–H and O–H groups in total. The summed E-state index contributed by atoms with van der Waals surface area (Å²) in [5.74, 6) is 0.694. The minimum absolute atomic E-state index is 0.117. The summed E-state index contributed by atoms with van der Waals surface area (Å²) in [4.78, 5) is 12.5. The number of amides is 1. The number of nitrogens with one attached hydrogen (secondary N) is 1. The molecule has 1 heterocycles. The first-order valence-electron chi connectivity index (χ1n) is 9.81. The third kappa shape index (κ3) is 4.89. The second-order valence-corrected chi connectivity index (χ2v) is 8.60. The Morgan fingerprint density at radius 3 is 2.73 bits per heavy atom. The topological polar surface area (TPSA) is 69.9 Å². The second-order valence-electron chi connectivity index (χ2n) is 7.96. The number of ether oxygens (including phenoxy) is 3. The van der Waals surface area contributed by atoms with E-state index in [0.29, 0.717) is 10.1 Å². The fourth-order valence-electron chi connectivity index (χ4n) is 3.70. The fourth-order valence-corrected chi connectivity index (χ4v) is 3.87. The Morgan fingerprint density at radius 1 is 1.27 bits per heavy atom. The summed E-state index contributed by atoms with van der Waals surface area (Å²) in [6, 6.07) is 7.53. The van der Waals surface area contributed by atoms with E-state index >= 15 is 0 Å². The van der Waals surface area contributed by atoms with Crippen molar-refractivity contribution in [2.75, 3.05) is 14.2 Å². The molecular weight excluding hydrogens is 421 g/mol. The van der Waals surface area contributed by atoms with Crippen LogP contribution in [0.25, 0.3) is 0 Å². The average Bonchev–Trinajstić information content (AvgIpc) is 3.16. The monoisotopic (exact) mass is 448 g/mol. The first-order chi connectivity index (χ1) is 14.2. The summed E-state index contributed by atoms with van der Waals surface area (Å²) in [5, 5.41) is 2.70. The van der Waals surface area contributed by atoms with Crippen LogP contribution in [0.15, 0.2) is 40.6 Å². The van der Waals surface area contributed by atoms with E-state index in [1.807, 2.05) is 6.92 Å². The van der Waals surface area contributed by atoms with Crippen LogP contribution in [0.1, 0.15) is 53.9 Å². The first-order valence-corrected chi connectivity index (χ1v) is 10.5. The maximum absolute atomic E-state index is 12.5. The summed E-state index contributed by atoms with van der Waals surface area (Å²) in [6.07, 6.45) is 4.84. The molecule has 0 unspecified atom stereocenters. The van der Waals surface area contributed by atoms with E-state index in [4.69, 9.17) is 18.6 Å². The Balaban J connectivity index is 1.78. The number of methoxy groups -OCH3 is 2. The van der Waals surface area contributed by atoms with Crippen LogP contribution in [0, 0.1) is 6.92 Å². The van der Waals surface area contributed by atoms with Gasteiger partial charge in [-0.3, -0.25) is 0 Å². The van der Waals surface area contributed by atoms with Gasteiger partial charge in [0.1, 0.15) is 0 Å². The van der Waals surface area contributed by atoms with Gasteiger partial charge in [-0.25, -0.2) is 0 Å². The number of hydrogen-bond donors (Lipinski definition) is 1. The van der Waals surface area contributed by atoms with Crippen molar-refractivity contribution in [1.82, 2.24) is 5.32 Å². The molecule has 1 aliphatic carbocycles. The zero-order valence-corrected chi connectivity index (χ0v) is 19.4. The Bertz CT molecular complexity index is 989. The fraction of sp³-hybridized carbons (Fsp3) is 0.391. The van der Waals surface area contributed by atoms with Crippen molar-refractivity contribution in [2.45, 2.75) is 45.4 Å². The van der Waals surface area contributed by atoms with Gasteiger partial charge in [-0.2, -0.15) is 0 Å². The molecule has 0 saturated heterocycles. The molecule has 0 spiro atoms. The van der Waals surface area contributed by atoms with Crippen LogP contribution in [-0.4, -0.2) is 24.5 Å². The van der Waals surface area contributed by atoms with E-state index in [0.717, 1.165) is 24.2 Å². The van der Waals surface area contributed by atoms with Crippen LogP contribution in [-0.2, 0) is 38.3 Å². The Kier molecular flexibility index (Phi) is 6.91. The molecule has 1 aromatic heterocycles. The predicted octanol–water partition coefficient (Wildman–Crippen LogP) is 4.53.